The van der Waals surface area contributed by atoms with E-state index in [1.165, 1.54) is 17.0 Å². The van der Waals surface area contributed by atoms with Gasteiger partial charge in [-0.2, -0.15) is 0 Å². The molecule has 0 unspecified atom stereocenters. The van der Waals surface area contributed by atoms with Crippen molar-refractivity contribution in [1.82, 2.24) is 15.2 Å². The number of likely N-dealkylation sites (tertiary alicyclic amines) is 1. The van der Waals surface area contributed by atoms with E-state index < -0.39 is 46.1 Å². The lowest BCUT2D eigenvalue weighted by Gasteiger charge is -2.29. The van der Waals surface area contributed by atoms with Gasteiger partial charge in [-0.3, -0.25) is 19.2 Å². The van der Waals surface area contributed by atoms with Gasteiger partial charge >= 0.3 is 0 Å². The van der Waals surface area contributed by atoms with Crippen molar-refractivity contribution in [2.24, 2.45) is 17.8 Å². The summed E-state index contributed by atoms with van der Waals surface area (Å²) in [7, 11) is -3.52. The Morgan fingerprint density at radius 2 is 1.97 bits per heavy atom. The molecule has 2 amide bonds. The first kappa shape index (κ1) is 26.6. The second-order valence-electron chi connectivity index (χ2n) is 10.9. The van der Waals surface area contributed by atoms with E-state index in [0.29, 0.717) is 30.3 Å². The third-order valence-corrected chi connectivity index (χ3v) is 9.64. The summed E-state index contributed by atoms with van der Waals surface area (Å²) >= 11 is 0. The number of nitrogens with zero attached hydrogens (tertiary/aromatic N) is 1. The van der Waals surface area contributed by atoms with Gasteiger partial charge < -0.3 is 20.3 Å². The average molecular weight is 544 g/mol. The number of sulfone groups is 1. The molecule has 38 heavy (non-hydrogen) atoms. The third-order valence-electron chi connectivity index (χ3n) is 8.49. The van der Waals surface area contributed by atoms with Crippen molar-refractivity contribution in [2.45, 2.75) is 61.9 Å². The third kappa shape index (κ3) is 4.89. The normalized spacial score (nSPS) is 26.1. The van der Waals surface area contributed by atoms with Gasteiger partial charge in [0.15, 0.2) is 15.6 Å². The molecule has 0 bridgehead atoms. The molecule has 3 aliphatic rings. The summed E-state index contributed by atoms with van der Waals surface area (Å²) < 4.78 is 24.5. The molecule has 5 atom stereocenters. The molecule has 1 aliphatic heterocycles. The zero-order valence-electron chi connectivity index (χ0n) is 21.3. The maximum atomic E-state index is 13.7. The van der Waals surface area contributed by atoms with Crippen LogP contribution in [0.1, 0.15) is 55.4 Å². The Hall–Kier alpha value is -3.05. The van der Waals surface area contributed by atoms with Crippen LogP contribution in [-0.4, -0.2) is 78.3 Å². The molecule has 2 heterocycles. The van der Waals surface area contributed by atoms with Crippen LogP contribution in [-0.2, 0) is 24.2 Å². The van der Waals surface area contributed by atoms with Crippen molar-refractivity contribution in [2.75, 3.05) is 19.4 Å². The molecule has 5 rings (SSSR count). The van der Waals surface area contributed by atoms with E-state index in [1.54, 1.807) is 12.1 Å². The molecule has 2 aliphatic carbocycles. The molecule has 2 saturated carbocycles. The van der Waals surface area contributed by atoms with E-state index in [-0.39, 0.29) is 40.5 Å². The Morgan fingerprint density at radius 3 is 2.66 bits per heavy atom. The van der Waals surface area contributed by atoms with E-state index in [9.17, 15) is 32.7 Å². The summed E-state index contributed by atoms with van der Waals surface area (Å²) in [5.41, 5.74) is 0.694. The minimum atomic E-state index is -3.52. The summed E-state index contributed by atoms with van der Waals surface area (Å²) in [5, 5.41) is 12.7. The van der Waals surface area contributed by atoms with Gasteiger partial charge in [0.05, 0.1) is 10.9 Å². The summed E-state index contributed by atoms with van der Waals surface area (Å²) in [6, 6.07) is 4.50. The Balaban J connectivity index is 1.42. The summed E-state index contributed by atoms with van der Waals surface area (Å²) in [5.74, 6) is -1.60. The number of amides is 2. The van der Waals surface area contributed by atoms with Crippen LogP contribution >= 0.6 is 0 Å². The van der Waals surface area contributed by atoms with Crippen LogP contribution in [0.4, 0.5) is 0 Å². The number of carbonyl (C=O) groups is 4. The summed E-state index contributed by atoms with van der Waals surface area (Å²) in [4.78, 5) is 56.8. The van der Waals surface area contributed by atoms with E-state index >= 15 is 0 Å². The second-order valence-corrected chi connectivity index (χ2v) is 12.9. The molecule has 3 fully saturated rings. The van der Waals surface area contributed by atoms with Crippen molar-refractivity contribution in [1.29, 1.82) is 0 Å². The summed E-state index contributed by atoms with van der Waals surface area (Å²) in [6.07, 6.45) is 5.72. The summed E-state index contributed by atoms with van der Waals surface area (Å²) in [6.45, 7) is -0.363. The topological polar surface area (TPSA) is 154 Å². The molecule has 1 aromatic heterocycles. The minimum absolute atomic E-state index is 0.0621. The van der Waals surface area contributed by atoms with Gasteiger partial charge in [-0.15, -0.1) is 0 Å². The van der Waals surface area contributed by atoms with Gasteiger partial charge in [0.2, 0.25) is 5.91 Å². The lowest BCUT2D eigenvalue weighted by atomic mass is 9.91. The predicted octanol–water partition coefficient (Wildman–Crippen LogP) is 1.62. The number of aliphatic hydroxyl groups excluding tert-OH is 1. The number of ketones is 2. The lowest BCUT2D eigenvalue weighted by molar-refractivity contribution is -0.133. The predicted molar refractivity (Wildman–Crippen MR) is 138 cm³/mol. The number of rotatable bonds is 8. The molecule has 10 nitrogen and oxygen atoms in total. The van der Waals surface area contributed by atoms with Crippen LogP contribution < -0.4 is 5.32 Å². The van der Waals surface area contributed by atoms with Crippen molar-refractivity contribution in [3.63, 3.8) is 0 Å². The Bertz CT molecular complexity index is 1400. The molecule has 1 saturated heterocycles. The van der Waals surface area contributed by atoms with Crippen LogP contribution in [0, 0.1) is 17.8 Å². The Kier molecular flexibility index (Phi) is 7.17. The zero-order chi connectivity index (χ0) is 27.2. The largest absolute Gasteiger partial charge is 0.389 e. The average Bonchev–Trinajstić information content (AvgIpc) is 3.65. The number of hydrogen-bond donors (Lipinski definition) is 3. The smallest absolute Gasteiger partial charge is 0.271 e. The molecule has 0 radical (unpaired) electrons. The van der Waals surface area contributed by atoms with Crippen LogP contribution in [0.25, 0.3) is 10.9 Å². The highest BCUT2D eigenvalue weighted by atomic mass is 32.2. The molecular formula is C27H33N3O7S. The van der Waals surface area contributed by atoms with E-state index in [1.807, 2.05) is 0 Å². The molecule has 3 N–H and O–H groups in total. The first-order valence-corrected chi connectivity index (χ1v) is 15.1. The Morgan fingerprint density at radius 1 is 1.18 bits per heavy atom. The SMILES string of the molecule is CS(=O)(=O)c1cccc2[nH]c(C(=O)N3C[C@@H]4CCC[C@@H]4[C@H]3C(=O)N[C@@H](C[C@@H]3CCCC3=O)C(=O)CO)cc12. The number of carbonyl (C=O) groups excluding carboxylic acids is 4. The number of benzene rings is 1. The number of hydrogen-bond acceptors (Lipinski definition) is 7. The van der Waals surface area contributed by atoms with Gasteiger partial charge in [-0.05, 0) is 62.1 Å². The van der Waals surface area contributed by atoms with Gasteiger partial charge in [0, 0.05) is 36.0 Å². The molecule has 11 heteroatoms. The van der Waals surface area contributed by atoms with Crippen molar-refractivity contribution >= 4 is 44.1 Å². The van der Waals surface area contributed by atoms with E-state index in [4.69, 9.17) is 0 Å². The number of H-pyrrole nitrogens is 1. The zero-order valence-corrected chi connectivity index (χ0v) is 22.1. The van der Waals surface area contributed by atoms with Crippen LogP contribution in [0.2, 0.25) is 0 Å². The maximum absolute atomic E-state index is 13.7. The van der Waals surface area contributed by atoms with Gasteiger partial charge in [0.25, 0.3) is 5.91 Å². The number of Topliss-reactive ketones (excluding diaryl/α,β-unsaturated/α-hetero) is 2. The highest BCUT2D eigenvalue weighted by Gasteiger charge is 2.50. The Labute approximate surface area is 221 Å². The highest BCUT2D eigenvalue weighted by Crippen LogP contribution is 2.43. The monoisotopic (exact) mass is 543 g/mol. The van der Waals surface area contributed by atoms with Crippen molar-refractivity contribution in [3.05, 3.63) is 30.0 Å². The molecule has 1 aromatic carbocycles. The van der Waals surface area contributed by atoms with Crippen molar-refractivity contribution < 1.29 is 32.7 Å². The number of aliphatic hydroxyl groups is 1. The number of aromatic nitrogens is 1. The van der Waals surface area contributed by atoms with E-state index in [0.717, 1.165) is 31.9 Å². The molecule has 204 valence electrons. The first-order chi connectivity index (χ1) is 18.1. The number of fused-ring (bicyclic) bond motifs is 2. The van der Waals surface area contributed by atoms with Crippen LogP contribution in [0.15, 0.2) is 29.2 Å². The van der Waals surface area contributed by atoms with Crippen molar-refractivity contribution in [3.8, 4) is 0 Å². The fourth-order valence-electron chi connectivity index (χ4n) is 6.63. The van der Waals surface area contributed by atoms with Crippen LogP contribution in [0.3, 0.4) is 0 Å². The second kappa shape index (κ2) is 10.3. The van der Waals surface area contributed by atoms with Gasteiger partial charge in [-0.25, -0.2) is 8.42 Å². The number of nitrogens with one attached hydrogen (secondary N) is 2. The van der Waals surface area contributed by atoms with E-state index in [2.05, 4.69) is 10.3 Å². The fourth-order valence-corrected chi connectivity index (χ4v) is 7.52. The molecule has 0 spiro atoms. The molecule has 2 aromatic rings. The van der Waals surface area contributed by atoms with Crippen LogP contribution in [0.5, 0.6) is 0 Å². The number of aromatic amines is 1. The highest BCUT2D eigenvalue weighted by molar-refractivity contribution is 7.91. The van der Waals surface area contributed by atoms with Gasteiger partial charge in [0.1, 0.15) is 24.1 Å². The lowest BCUT2D eigenvalue weighted by Crippen LogP contribution is -2.53. The quantitative estimate of drug-likeness (QED) is 0.457. The molecular weight excluding hydrogens is 510 g/mol. The minimum Gasteiger partial charge on any atom is -0.389 e. The first-order valence-electron chi connectivity index (χ1n) is 13.2. The fraction of sp³-hybridized carbons (Fsp3) is 0.556. The van der Waals surface area contributed by atoms with Gasteiger partial charge in [-0.1, -0.05) is 12.5 Å². The maximum Gasteiger partial charge on any atom is 0.271 e. The standard InChI is InChI=1S/C27H33N3O7S/c1-38(36,37)24-10-4-8-19-18(24)12-21(28-19)27(35)30-13-16-6-2-7-17(16)25(30)26(34)29-20(23(33)14-31)11-15-5-3-9-22(15)32/h4,8,10,12,15-17,20,25,28,31H,2-3,5-7,9,11,13-14H2,1H3,(H,29,34)/t15-,16-,17-,20-,25-/m0/s1.